The molecule has 3 amide bonds. The minimum Gasteiger partial charge on any atom is -0.324 e. The van der Waals surface area contributed by atoms with Gasteiger partial charge in [-0.2, -0.15) is 0 Å². The summed E-state index contributed by atoms with van der Waals surface area (Å²) in [6, 6.07) is 7.34. The van der Waals surface area contributed by atoms with Gasteiger partial charge >= 0.3 is 0 Å². The molecule has 0 bridgehead atoms. The molecular weight excluding hydrogens is 290 g/mol. The summed E-state index contributed by atoms with van der Waals surface area (Å²) in [4.78, 5) is 37.4. The number of hydrogen-bond donors (Lipinski definition) is 2. The van der Waals surface area contributed by atoms with Crippen molar-refractivity contribution in [3.05, 3.63) is 29.8 Å². The Morgan fingerprint density at radius 1 is 1.19 bits per heavy atom. The molecule has 0 radical (unpaired) electrons. The van der Waals surface area contributed by atoms with Crippen molar-refractivity contribution in [2.24, 2.45) is 5.92 Å². The number of carbonyl (C=O) groups excluding carboxylic acids is 3. The second kappa shape index (κ2) is 3.59. The van der Waals surface area contributed by atoms with E-state index in [1.807, 2.05) is 24.3 Å². The van der Waals surface area contributed by atoms with Crippen LogP contribution in [-0.2, 0) is 19.1 Å². The van der Waals surface area contributed by atoms with E-state index in [-0.39, 0.29) is 17.7 Å². The number of nitrogens with zero attached hydrogens (tertiary/aromatic N) is 1. The summed E-state index contributed by atoms with van der Waals surface area (Å²) in [7, 11) is 1.51. The molecular formula is C14H13N3O3S. The Morgan fingerprint density at radius 2 is 1.90 bits per heavy atom. The van der Waals surface area contributed by atoms with Crippen molar-refractivity contribution in [3.63, 3.8) is 0 Å². The Morgan fingerprint density at radius 3 is 2.67 bits per heavy atom. The first kappa shape index (κ1) is 12.7. The Labute approximate surface area is 125 Å². The van der Waals surface area contributed by atoms with Crippen LogP contribution < -0.4 is 10.7 Å². The number of rotatable bonds is 0. The highest BCUT2D eigenvalue weighted by molar-refractivity contribution is 8.04. The summed E-state index contributed by atoms with van der Waals surface area (Å²) in [5, 5.41) is 4.01. The molecule has 3 aliphatic rings. The number of amides is 3. The predicted molar refractivity (Wildman–Crippen MR) is 77.1 cm³/mol. The molecule has 2 N–H and O–H groups in total. The third-order valence-corrected chi connectivity index (χ3v) is 6.35. The summed E-state index contributed by atoms with van der Waals surface area (Å²) in [5.41, 5.74) is 4.05. The van der Waals surface area contributed by atoms with Gasteiger partial charge in [-0.25, -0.2) is 0 Å². The third-order valence-electron chi connectivity index (χ3n) is 4.54. The normalized spacial score (nSPS) is 36.8. The lowest BCUT2D eigenvalue weighted by Crippen LogP contribution is -2.76. The summed E-state index contributed by atoms with van der Waals surface area (Å²) in [6.45, 7) is 1.72. The number of nitrogens with one attached hydrogen (secondary N) is 2. The number of hydrogen-bond acceptors (Lipinski definition) is 4. The zero-order valence-electron chi connectivity index (χ0n) is 11.5. The van der Waals surface area contributed by atoms with Gasteiger partial charge in [0.2, 0.25) is 11.8 Å². The van der Waals surface area contributed by atoms with Gasteiger partial charge in [0.25, 0.3) is 5.91 Å². The van der Waals surface area contributed by atoms with Gasteiger partial charge in [-0.3, -0.25) is 24.8 Å². The van der Waals surface area contributed by atoms with Crippen molar-refractivity contribution in [1.29, 1.82) is 0 Å². The van der Waals surface area contributed by atoms with Gasteiger partial charge in [0.15, 0.2) is 0 Å². The predicted octanol–water partition coefficient (Wildman–Crippen LogP) is 0.459. The van der Waals surface area contributed by atoms with E-state index in [4.69, 9.17) is 0 Å². The minimum atomic E-state index is -0.992. The molecule has 3 unspecified atom stereocenters. The molecule has 4 rings (SSSR count). The van der Waals surface area contributed by atoms with Crippen molar-refractivity contribution >= 4 is 35.2 Å². The standard InChI is InChI=1S/C14H13N3O3S/c1-13-9(10(18)17(2)16-11(13)19)14(21-13)7-5-3-4-6-8(7)15-12(14)20/h3-6,9H,1-2H3,(H,15,20)(H,16,19). The average Bonchev–Trinajstić information content (AvgIpc) is 2.71. The largest absolute Gasteiger partial charge is 0.324 e. The SMILES string of the molecule is CN1NC(=O)C2(C)SC3(C(=O)Nc4ccccc43)C2C1=O. The van der Waals surface area contributed by atoms with Crippen LogP contribution in [0.1, 0.15) is 12.5 Å². The highest BCUT2D eigenvalue weighted by Crippen LogP contribution is 2.69. The summed E-state index contributed by atoms with van der Waals surface area (Å²) < 4.78 is -1.90. The molecule has 2 saturated heterocycles. The van der Waals surface area contributed by atoms with Crippen LogP contribution in [0.4, 0.5) is 5.69 Å². The molecule has 0 aromatic heterocycles. The number of hydrazine groups is 1. The second-order valence-corrected chi connectivity index (χ2v) is 7.41. The second-order valence-electron chi connectivity index (χ2n) is 5.72. The Bertz CT molecular complexity index is 721. The van der Waals surface area contributed by atoms with E-state index < -0.39 is 15.4 Å². The van der Waals surface area contributed by atoms with E-state index in [0.717, 1.165) is 11.3 Å². The average molecular weight is 303 g/mol. The zero-order chi connectivity index (χ0) is 15.0. The maximum absolute atomic E-state index is 12.6. The van der Waals surface area contributed by atoms with Gasteiger partial charge in [-0.1, -0.05) is 18.2 Å². The van der Waals surface area contributed by atoms with Crippen LogP contribution in [0.3, 0.4) is 0 Å². The Kier molecular flexibility index (Phi) is 2.17. The number of fused-ring (bicyclic) bond motifs is 4. The van der Waals surface area contributed by atoms with Crippen LogP contribution in [0.15, 0.2) is 24.3 Å². The molecule has 1 spiro atoms. The van der Waals surface area contributed by atoms with E-state index in [9.17, 15) is 14.4 Å². The van der Waals surface area contributed by atoms with Gasteiger partial charge < -0.3 is 5.32 Å². The number of thioether (sulfide) groups is 1. The van der Waals surface area contributed by atoms with Crippen LogP contribution in [0.2, 0.25) is 0 Å². The Balaban J connectivity index is 1.90. The maximum Gasteiger partial charge on any atom is 0.255 e. The number of carbonyl (C=O) groups is 3. The first-order valence-electron chi connectivity index (χ1n) is 6.61. The number of para-hydroxylation sites is 1. The molecule has 0 aliphatic carbocycles. The molecule has 3 aliphatic heterocycles. The van der Waals surface area contributed by atoms with Crippen LogP contribution in [0.25, 0.3) is 0 Å². The third kappa shape index (κ3) is 1.23. The molecule has 1 aromatic carbocycles. The van der Waals surface area contributed by atoms with Gasteiger partial charge in [0.1, 0.15) is 9.49 Å². The summed E-state index contributed by atoms with van der Waals surface area (Å²) in [6.07, 6.45) is 0. The monoisotopic (exact) mass is 303 g/mol. The first-order chi connectivity index (χ1) is 9.91. The summed E-state index contributed by atoms with van der Waals surface area (Å²) >= 11 is 1.26. The topological polar surface area (TPSA) is 78.5 Å². The molecule has 21 heavy (non-hydrogen) atoms. The molecule has 6 nitrogen and oxygen atoms in total. The van der Waals surface area contributed by atoms with E-state index in [1.165, 1.54) is 23.8 Å². The van der Waals surface area contributed by atoms with Crippen LogP contribution in [0, 0.1) is 5.92 Å². The lowest BCUT2D eigenvalue weighted by atomic mass is 9.73. The lowest BCUT2D eigenvalue weighted by Gasteiger charge is -2.58. The fourth-order valence-electron chi connectivity index (χ4n) is 3.52. The van der Waals surface area contributed by atoms with E-state index in [1.54, 1.807) is 6.92 Å². The quantitative estimate of drug-likeness (QED) is 0.730. The molecule has 3 heterocycles. The summed E-state index contributed by atoms with van der Waals surface area (Å²) in [5.74, 6) is -1.37. The molecule has 2 fully saturated rings. The molecule has 0 saturated carbocycles. The van der Waals surface area contributed by atoms with Crippen molar-refractivity contribution < 1.29 is 14.4 Å². The zero-order valence-corrected chi connectivity index (χ0v) is 12.3. The van der Waals surface area contributed by atoms with Crippen LogP contribution in [0.5, 0.6) is 0 Å². The highest BCUT2D eigenvalue weighted by Gasteiger charge is 2.76. The molecule has 3 atom stereocenters. The fraction of sp³-hybridized carbons (Fsp3) is 0.357. The van der Waals surface area contributed by atoms with Crippen LogP contribution in [-0.4, -0.2) is 34.5 Å². The van der Waals surface area contributed by atoms with Crippen molar-refractivity contribution in [1.82, 2.24) is 10.4 Å². The van der Waals surface area contributed by atoms with Gasteiger partial charge in [0, 0.05) is 18.3 Å². The van der Waals surface area contributed by atoms with E-state index in [0.29, 0.717) is 0 Å². The molecule has 7 heteroatoms. The van der Waals surface area contributed by atoms with Crippen LogP contribution >= 0.6 is 11.8 Å². The van der Waals surface area contributed by atoms with E-state index >= 15 is 0 Å². The minimum absolute atomic E-state index is 0.215. The number of anilines is 1. The van der Waals surface area contributed by atoms with Crippen molar-refractivity contribution in [2.75, 3.05) is 12.4 Å². The molecule has 1 aromatic rings. The Hall–Kier alpha value is -2.02. The van der Waals surface area contributed by atoms with Gasteiger partial charge in [-0.15, -0.1) is 11.8 Å². The first-order valence-corrected chi connectivity index (χ1v) is 7.42. The van der Waals surface area contributed by atoms with Gasteiger partial charge in [-0.05, 0) is 13.0 Å². The van der Waals surface area contributed by atoms with Gasteiger partial charge in [0.05, 0.1) is 5.92 Å². The smallest absolute Gasteiger partial charge is 0.255 e. The van der Waals surface area contributed by atoms with E-state index in [2.05, 4.69) is 10.7 Å². The molecule has 108 valence electrons. The van der Waals surface area contributed by atoms with Crippen molar-refractivity contribution in [3.8, 4) is 0 Å². The maximum atomic E-state index is 12.6. The van der Waals surface area contributed by atoms with Crippen molar-refractivity contribution in [2.45, 2.75) is 16.4 Å². The fourth-order valence-corrected chi connectivity index (χ4v) is 5.43. The number of benzene rings is 1. The lowest BCUT2D eigenvalue weighted by molar-refractivity contribution is -0.157. The highest BCUT2D eigenvalue weighted by atomic mass is 32.2.